The Hall–Kier alpha value is -1.32. The summed E-state index contributed by atoms with van der Waals surface area (Å²) in [6.45, 7) is 16.1. The Kier molecular flexibility index (Phi) is 9.96. The molecule has 0 aromatic rings. The van der Waals surface area contributed by atoms with Crippen LogP contribution in [0.25, 0.3) is 0 Å². The molecule has 0 bridgehead atoms. The molecule has 4 fully saturated rings. The first-order chi connectivity index (χ1) is 18.5. The summed E-state index contributed by atoms with van der Waals surface area (Å²) in [4.78, 5) is 25.0. The van der Waals surface area contributed by atoms with Gasteiger partial charge in [0, 0.05) is 18.8 Å². The SMILES string of the molecule is CCCC(=O)O[C@H]1CC[C@@]2(C)[C@@H](CC[C@@H]3[C@@H]2CC[C@@]2(C)[C@H]3C[C@H](OC(=O)CCC)[C@@H]2/C(C)=C/CCC(C)C)C1. The van der Waals surface area contributed by atoms with Gasteiger partial charge in [0.1, 0.15) is 12.2 Å². The molecular formula is C35H58O4. The number of ether oxygens (including phenoxy) is 2. The van der Waals surface area contributed by atoms with Gasteiger partial charge in [0.2, 0.25) is 0 Å². The third-order valence-electron chi connectivity index (χ3n) is 11.8. The smallest absolute Gasteiger partial charge is 0.306 e. The van der Waals surface area contributed by atoms with Crippen LogP contribution in [0.3, 0.4) is 0 Å². The summed E-state index contributed by atoms with van der Waals surface area (Å²) in [7, 11) is 0. The minimum atomic E-state index is -0.00861. The van der Waals surface area contributed by atoms with E-state index in [4.69, 9.17) is 9.47 Å². The molecule has 9 atom stereocenters. The quantitative estimate of drug-likeness (QED) is 0.204. The molecule has 0 aromatic heterocycles. The highest BCUT2D eigenvalue weighted by Gasteiger charge is 2.63. The van der Waals surface area contributed by atoms with Gasteiger partial charge >= 0.3 is 11.9 Å². The summed E-state index contributed by atoms with van der Waals surface area (Å²) >= 11 is 0. The molecule has 0 aromatic carbocycles. The lowest BCUT2D eigenvalue weighted by Gasteiger charge is -2.61. The first-order valence-electron chi connectivity index (χ1n) is 16.6. The second-order valence-corrected chi connectivity index (χ2v) is 14.7. The maximum atomic E-state index is 12.8. The number of fused-ring (bicyclic) bond motifs is 5. The van der Waals surface area contributed by atoms with E-state index in [-0.39, 0.29) is 29.6 Å². The van der Waals surface area contributed by atoms with Crippen LogP contribution in [0.1, 0.15) is 138 Å². The molecule has 39 heavy (non-hydrogen) atoms. The minimum Gasteiger partial charge on any atom is -0.462 e. The van der Waals surface area contributed by atoms with Gasteiger partial charge in [0.15, 0.2) is 0 Å². The Bertz CT molecular complexity index is 891. The van der Waals surface area contributed by atoms with Crippen LogP contribution in [0.2, 0.25) is 0 Å². The van der Waals surface area contributed by atoms with E-state index >= 15 is 0 Å². The maximum absolute atomic E-state index is 12.8. The van der Waals surface area contributed by atoms with Gasteiger partial charge in [-0.25, -0.2) is 0 Å². The molecule has 0 amide bonds. The Balaban J connectivity index is 1.53. The van der Waals surface area contributed by atoms with Crippen molar-refractivity contribution in [3.05, 3.63) is 11.6 Å². The number of allylic oxidation sites excluding steroid dienone is 1. The van der Waals surface area contributed by atoms with Crippen molar-refractivity contribution in [2.24, 2.45) is 46.3 Å². The van der Waals surface area contributed by atoms with Crippen molar-refractivity contribution >= 4 is 11.9 Å². The Morgan fingerprint density at radius 1 is 0.872 bits per heavy atom. The summed E-state index contributed by atoms with van der Waals surface area (Å²) in [6.07, 6.45) is 17.0. The zero-order chi connectivity index (χ0) is 28.4. The molecule has 4 nitrogen and oxygen atoms in total. The fourth-order valence-electron chi connectivity index (χ4n) is 9.90. The van der Waals surface area contributed by atoms with E-state index in [1.165, 1.54) is 44.1 Å². The van der Waals surface area contributed by atoms with Crippen molar-refractivity contribution < 1.29 is 19.1 Å². The number of esters is 2. The van der Waals surface area contributed by atoms with Crippen molar-refractivity contribution in [2.75, 3.05) is 0 Å². The molecule has 4 aliphatic rings. The minimum absolute atomic E-state index is 0.00658. The van der Waals surface area contributed by atoms with Crippen LogP contribution in [0.15, 0.2) is 11.6 Å². The van der Waals surface area contributed by atoms with Gasteiger partial charge in [-0.15, -0.1) is 0 Å². The van der Waals surface area contributed by atoms with Crippen LogP contribution in [0, 0.1) is 46.3 Å². The maximum Gasteiger partial charge on any atom is 0.306 e. The fourth-order valence-corrected chi connectivity index (χ4v) is 9.90. The molecular weight excluding hydrogens is 484 g/mol. The van der Waals surface area contributed by atoms with E-state index < -0.39 is 0 Å². The fraction of sp³-hybridized carbons (Fsp3) is 0.886. The normalized spacial score (nSPS) is 40.0. The van der Waals surface area contributed by atoms with E-state index in [0.717, 1.165) is 44.4 Å². The lowest BCUT2D eigenvalue weighted by atomic mass is 9.44. The van der Waals surface area contributed by atoms with Crippen molar-refractivity contribution in [2.45, 2.75) is 151 Å². The molecule has 0 aliphatic heterocycles. The van der Waals surface area contributed by atoms with Crippen molar-refractivity contribution in [3.8, 4) is 0 Å². The highest BCUT2D eigenvalue weighted by molar-refractivity contribution is 5.70. The largest absolute Gasteiger partial charge is 0.462 e. The number of rotatable bonds is 10. The van der Waals surface area contributed by atoms with Gasteiger partial charge < -0.3 is 9.47 Å². The number of carbonyl (C=O) groups is 2. The van der Waals surface area contributed by atoms with Gasteiger partial charge in [-0.2, -0.15) is 0 Å². The van der Waals surface area contributed by atoms with Crippen molar-refractivity contribution in [3.63, 3.8) is 0 Å². The van der Waals surface area contributed by atoms with E-state index in [1.54, 1.807) is 0 Å². The molecule has 4 heteroatoms. The molecule has 0 heterocycles. The molecule has 0 N–H and O–H groups in total. The third-order valence-corrected chi connectivity index (χ3v) is 11.8. The second kappa shape index (κ2) is 12.7. The van der Waals surface area contributed by atoms with E-state index in [1.807, 2.05) is 6.92 Å². The molecule has 0 unspecified atom stereocenters. The van der Waals surface area contributed by atoms with Crippen molar-refractivity contribution in [1.29, 1.82) is 0 Å². The monoisotopic (exact) mass is 542 g/mol. The molecule has 4 saturated carbocycles. The second-order valence-electron chi connectivity index (χ2n) is 14.7. The average molecular weight is 543 g/mol. The lowest BCUT2D eigenvalue weighted by Crippen LogP contribution is -2.54. The number of carbonyl (C=O) groups excluding carboxylic acids is 2. The van der Waals surface area contributed by atoms with Gasteiger partial charge in [0.05, 0.1) is 0 Å². The summed E-state index contributed by atoms with van der Waals surface area (Å²) < 4.78 is 12.2. The standard InChI is InChI=1S/C35H58O4/c1-8-11-31(36)38-26-17-19-34(6)25(21-26)15-16-27-28(34)18-20-35(7)29(27)22-30(39-32(37)12-9-2)33(35)24(5)14-10-13-23(3)4/h14,23,25-30,33H,8-13,15-22H2,1-7H3/b24-14+/t25-,26-,27+,28-,29-,30-,33-,34-,35-/m0/s1. The predicted octanol–water partition coefficient (Wildman–Crippen LogP) is 9.06. The summed E-state index contributed by atoms with van der Waals surface area (Å²) in [5.41, 5.74) is 2.00. The molecule has 0 radical (unpaired) electrons. The summed E-state index contributed by atoms with van der Waals surface area (Å²) in [5.74, 6) is 3.75. The van der Waals surface area contributed by atoms with Crippen molar-refractivity contribution in [1.82, 2.24) is 0 Å². The zero-order valence-electron chi connectivity index (χ0n) is 26.2. The molecule has 0 spiro atoms. The van der Waals surface area contributed by atoms with Gasteiger partial charge in [-0.1, -0.05) is 53.2 Å². The Labute approximate surface area is 239 Å². The number of hydrogen-bond acceptors (Lipinski definition) is 4. The molecule has 222 valence electrons. The van der Waals surface area contributed by atoms with Crippen LogP contribution in [0.4, 0.5) is 0 Å². The van der Waals surface area contributed by atoms with Crippen LogP contribution >= 0.6 is 0 Å². The van der Waals surface area contributed by atoms with E-state index in [2.05, 4.69) is 47.6 Å². The van der Waals surface area contributed by atoms with E-state index in [0.29, 0.717) is 47.8 Å². The van der Waals surface area contributed by atoms with Crippen LogP contribution in [-0.2, 0) is 19.1 Å². The molecule has 0 saturated heterocycles. The molecule has 4 aliphatic carbocycles. The average Bonchev–Trinajstić information content (AvgIpc) is 3.16. The van der Waals surface area contributed by atoms with Crippen LogP contribution in [-0.4, -0.2) is 24.1 Å². The highest BCUT2D eigenvalue weighted by atomic mass is 16.5. The summed E-state index contributed by atoms with van der Waals surface area (Å²) in [5, 5.41) is 0. The summed E-state index contributed by atoms with van der Waals surface area (Å²) in [6, 6.07) is 0. The zero-order valence-corrected chi connectivity index (χ0v) is 26.2. The number of hydrogen-bond donors (Lipinski definition) is 0. The Morgan fingerprint density at radius 3 is 2.21 bits per heavy atom. The lowest BCUT2D eigenvalue weighted by molar-refractivity contribution is -0.162. The van der Waals surface area contributed by atoms with E-state index in [9.17, 15) is 9.59 Å². The van der Waals surface area contributed by atoms with Gasteiger partial charge in [0.25, 0.3) is 0 Å². The topological polar surface area (TPSA) is 52.6 Å². The molecule has 4 rings (SSSR count). The van der Waals surface area contributed by atoms with Crippen LogP contribution in [0.5, 0.6) is 0 Å². The van der Waals surface area contributed by atoms with Gasteiger partial charge in [-0.3, -0.25) is 9.59 Å². The first-order valence-corrected chi connectivity index (χ1v) is 16.6. The third kappa shape index (κ3) is 6.30. The predicted molar refractivity (Wildman–Crippen MR) is 158 cm³/mol. The highest BCUT2D eigenvalue weighted by Crippen LogP contribution is 2.68. The van der Waals surface area contributed by atoms with Crippen LogP contribution < -0.4 is 0 Å². The Morgan fingerprint density at radius 2 is 1.54 bits per heavy atom. The van der Waals surface area contributed by atoms with Gasteiger partial charge in [-0.05, 0) is 124 Å². The first kappa shape index (κ1) is 30.6.